The molecule has 1 fully saturated rings. The van der Waals surface area contributed by atoms with Crippen LogP contribution in [-0.4, -0.2) is 24.3 Å². The maximum atomic E-state index is 11.6. The molecule has 1 aliphatic rings. The van der Waals surface area contributed by atoms with E-state index in [2.05, 4.69) is 27.7 Å². The topological polar surface area (TPSA) is 46.5 Å². The van der Waals surface area contributed by atoms with Gasteiger partial charge in [0, 0.05) is 0 Å². The Morgan fingerprint density at radius 3 is 2.00 bits per heavy atom. The predicted octanol–water partition coefficient (Wildman–Crippen LogP) is 2.23. The van der Waals surface area contributed by atoms with Crippen LogP contribution in [0.25, 0.3) is 0 Å². The van der Waals surface area contributed by atoms with Crippen LogP contribution in [-0.2, 0) is 9.53 Å². The molecule has 0 spiro atoms. The van der Waals surface area contributed by atoms with Gasteiger partial charge in [-0.1, -0.05) is 34.6 Å². The summed E-state index contributed by atoms with van der Waals surface area (Å²) in [5, 5.41) is 10.3. The van der Waals surface area contributed by atoms with Crippen LogP contribution in [0.15, 0.2) is 0 Å². The molecule has 0 aromatic heterocycles. The Bertz CT molecular complexity index is 267. The van der Waals surface area contributed by atoms with Crippen molar-refractivity contribution in [3.63, 3.8) is 0 Å². The SMILES string of the molecule is CC[C@H](C(=O)OC)[C@@H](O)C1C(C)(C)C1(C)C. The Hall–Kier alpha value is -0.570. The molecule has 0 aliphatic heterocycles. The van der Waals surface area contributed by atoms with Crippen LogP contribution in [0, 0.1) is 22.7 Å². The molecular formula is C13H24O3. The van der Waals surface area contributed by atoms with Crippen LogP contribution >= 0.6 is 0 Å². The van der Waals surface area contributed by atoms with Crippen molar-refractivity contribution in [2.45, 2.75) is 47.1 Å². The quantitative estimate of drug-likeness (QED) is 0.751. The highest BCUT2D eigenvalue weighted by Crippen LogP contribution is 2.70. The molecule has 0 heterocycles. The molecule has 3 heteroatoms. The van der Waals surface area contributed by atoms with E-state index in [-0.39, 0.29) is 22.7 Å². The van der Waals surface area contributed by atoms with Crippen molar-refractivity contribution >= 4 is 5.97 Å². The second kappa shape index (κ2) is 4.02. The zero-order valence-corrected chi connectivity index (χ0v) is 11.2. The van der Waals surface area contributed by atoms with Crippen LogP contribution in [0.2, 0.25) is 0 Å². The maximum Gasteiger partial charge on any atom is 0.311 e. The molecule has 94 valence electrons. The van der Waals surface area contributed by atoms with Crippen molar-refractivity contribution in [2.75, 3.05) is 7.11 Å². The van der Waals surface area contributed by atoms with E-state index in [1.165, 1.54) is 7.11 Å². The number of methoxy groups -OCH3 is 1. The number of carbonyl (C=O) groups is 1. The molecule has 1 rings (SSSR count). The summed E-state index contributed by atoms with van der Waals surface area (Å²) < 4.78 is 4.74. The van der Waals surface area contributed by atoms with E-state index in [1.54, 1.807) is 0 Å². The Morgan fingerprint density at radius 1 is 1.31 bits per heavy atom. The summed E-state index contributed by atoms with van der Waals surface area (Å²) in [6.45, 7) is 10.5. The lowest BCUT2D eigenvalue weighted by Gasteiger charge is -2.21. The summed E-state index contributed by atoms with van der Waals surface area (Å²) in [6, 6.07) is 0. The molecule has 0 saturated heterocycles. The number of hydrogen-bond acceptors (Lipinski definition) is 3. The summed E-state index contributed by atoms with van der Waals surface area (Å²) in [4.78, 5) is 11.6. The van der Waals surface area contributed by atoms with Gasteiger partial charge < -0.3 is 9.84 Å². The summed E-state index contributed by atoms with van der Waals surface area (Å²) in [5.74, 6) is -0.520. The van der Waals surface area contributed by atoms with Gasteiger partial charge in [0.15, 0.2) is 0 Å². The second-order valence-electron chi connectivity index (χ2n) is 5.95. The van der Waals surface area contributed by atoms with Gasteiger partial charge in [0.2, 0.25) is 0 Å². The summed E-state index contributed by atoms with van der Waals surface area (Å²) >= 11 is 0. The predicted molar refractivity (Wildman–Crippen MR) is 62.9 cm³/mol. The molecule has 0 bridgehead atoms. The molecule has 0 aromatic carbocycles. The van der Waals surface area contributed by atoms with Crippen molar-refractivity contribution in [1.29, 1.82) is 0 Å². The molecule has 1 N–H and O–H groups in total. The number of carbonyl (C=O) groups excluding carboxylic acids is 1. The third-order valence-corrected chi connectivity index (χ3v) is 4.83. The summed E-state index contributed by atoms with van der Waals surface area (Å²) in [5.41, 5.74) is 0.182. The molecule has 3 nitrogen and oxygen atoms in total. The fourth-order valence-corrected chi connectivity index (χ4v) is 3.03. The Morgan fingerprint density at radius 2 is 1.75 bits per heavy atom. The van der Waals surface area contributed by atoms with Crippen LogP contribution in [0.5, 0.6) is 0 Å². The fraction of sp³-hybridized carbons (Fsp3) is 0.923. The van der Waals surface area contributed by atoms with E-state index in [1.807, 2.05) is 6.92 Å². The first kappa shape index (κ1) is 13.5. The smallest absolute Gasteiger partial charge is 0.311 e. The molecule has 2 atom stereocenters. The second-order valence-corrected chi connectivity index (χ2v) is 5.95. The first-order valence-electron chi connectivity index (χ1n) is 5.97. The zero-order valence-electron chi connectivity index (χ0n) is 11.2. The van der Waals surface area contributed by atoms with Crippen molar-refractivity contribution in [3.8, 4) is 0 Å². The average Bonchev–Trinajstić information content (AvgIpc) is 2.58. The fourth-order valence-electron chi connectivity index (χ4n) is 3.03. The Labute approximate surface area is 98.2 Å². The summed E-state index contributed by atoms with van der Waals surface area (Å²) in [7, 11) is 1.38. The van der Waals surface area contributed by atoms with Gasteiger partial charge in [-0.05, 0) is 23.2 Å². The highest BCUT2D eigenvalue weighted by atomic mass is 16.5. The Balaban J connectivity index is 2.79. The standard InChI is InChI=1S/C13H24O3/c1-7-8(11(15)16-6)9(14)10-12(2,3)13(10,4)5/h8-10,14H,7H2,1-6H3/t8-,9+/m0/s1. The zero-order chi connectivity index (χ0) is 12.7. The van der Waals surface area contributed by atoms with Gasteiger partial charge in [-0.2, -0.15) is 0 Å². The molecule has 1 aliphatic carbocycles. The van der Waals surface area contributed by atoms with Gasteiger partial charge in [-0.15, -0.1) is 0 Å². The van der Waals surface area contributed by atoms with Crippen molar-refractivity contribution in [3.05, 3.63) is 0 Å². The number of aliphatic hydroxyl groups is 1. The highest BCUT2D eigenvalue weighted by Gasteiger charge is 2.68. The van der Waals surface area contributed by atoms with E-state index in [4.69, 9.17) is 4.74 Å². The third-order valence-electron chi connectivity index (χ3n) is 4.83. The van der Waals surface area contributed by atoms with E-state index in [0.29, 0.717) is 6.42 Å². The molecular weight excluding hydrogens is 204 g/mol. The van der Waals surface area contributed by atoms with Crippen molar-refractivity contribution in [2.24, 2.45) is 22.7 Å². The lowest BCUT2D eigenvalue weighted by Crippen LogP contribution is -2.32. The van der Waals surface area contributed by atoms with E-state index >= 15 is 0 Å². The summed E-state index contributed by atoms with van der Waals surface area (Å²) in [6.07, 6.45) is 0.0266. The van der Waals surface area contributed by atoms with Crippen LogP contribution in [0.1, 0.15) is 41.0 Å². The van der Waals surface area contributed by atoms with Gasteiger partial charge in [0.1, 0.15) is 0 Å². The Kier molecular flexibility index (Phi) is 3.39. The number of esters is 1. The third kappa shape index (κ3) is 1.75. The van der Waals surface area contributed by atoms with Crippen LogP contribution in [0.4, 0.5) is 0 Å². The number of aliphatic hydroxyl groups excluding tert-OH is 1. The first-order valence-corrected chi connectivity index (χ1v) is 5.97. The van der Waals surface area contributed by atoms with Crippen LogP contribution in [0.3, 0.4) is 0 Å². The van der Waals surface area contributed by atoms with Gasteiger partial charge >= 0.3 is 5.97 Å². The number of ether oxygens (including phenoxy) is 1. The first-order chi connectivity index (χ1) is 7.21. The number of hydrogen-bond donors (Lipinski definition) is 1. The van der Waals surface area contributed by atoms with E-state index in [0.717, 1.165) is 0 Å². The van der Waals surface area contributed by atoms with Gasteiger partial charge in [-0.25, -0.2) is 0 Å². The average molecular weight is 228 g/mol. The molecule has 0 radical (unpaired) electrons. The molecule has 1 saturated carbocycles. The maximum absolute atomic E-state index is 11.6. The monoisotopic (exact) mass is 228 g/mol. The lowest BCUT2D eigenvalue weighted by atomic mass is 9.92. The van der Waals surface area contributed by atoms with Gasteiger partial charge in [0.05, 0.1) is 19.1 Å². The highest BCUT2D eigenvalue weighted by molar-refractivity contribution is 5.73. The van der Waals surface area contributed by atoms with Crippen LogP contribution < -0.4 is 0 Å². The minimum Gasteiger partial charge on any atom is -0.469 e. The van der Waals surface area contributed by atoms with Crippen molar-refractivity contribution < 1.29 is 14.6 Å². The molecule has 16 heavy (non-hydrogen) atoms. The van der Waals surface area contributed by atoms with E-state index < -0.39 is 12.0 Å². The molecule has 0 amide bonds. The largest absolute Gasteiger partial charge is 0.469 e. The molecule has 0 unspecified atom stereocenters. The van der Waals surface area contributed by atoms with Crippen molar-refractivity contribution in [1.82, 2.24) is 0 Å². The van der Waals surface area contributed by atoms with Gasteiger partial charge in [0.25, 0.3) is 0 Å². The molecule has 0 aromatic rings. The van der Waals surface area contributed by atoms with Gasteiger partial charge in [-0.3, -0.25) is 4.79 Å². The minimum absolute atomic E-state index is 0.0911. The van der Waals surface area contributed by atoms with E-state index in [9.17, 15) is 9.90 Å². The number of rotatable bonds is 4. The minimum atomic E-state index is -0.595. The normalized spacial score (nSPS) is 25.9. The lowest BCUT2D eigenvalue weighted by molar-refractivity contribution is -0.150.